The van der Waals surface area contributed by atoms with E-state index in [4.69, 9.17) is 5.26 Å². The Hall–Kier alpha value is -1.53. The van der Waals surface area contributed by atoms with Crippen molar-refractivity contribution in [1.82, 2.24) is 4.90 Å². The third-order valence-electron chi connectivity index (χ3n) is 3.28. The van der Waals surface area contributed by atoms with Gasteiger partial charge in [0.05, 0.1) is 6.07 Å². The first-order valence-electron chi connectivity index (χ1n) is 6.20. The monoisotopic (exact) mass is 229 g/mol. The summed E-state index contributed by atoms with van der Waals surface area (Å²) in [6, 6.07) is 10.9. The van der Waals surface area contributed by atoms with Crippen LogP contribution in [0.3, 0.4) is 0 Å². The van der Waals surface area contributed by atoms with Crippen molar-refractivity contribution in [3.05, 3.63) is 29.8 Å². The van der Waals surface area contributed by atoms with Gasteiger partial charge in [-0.25, -0.2) is 0 Å². The van der Waals surface area contributed by atoms with Crippen molar-refractivity contribution in [1.29, 1.82) is 5.26 Å². The lowest BCUT2D eigenvalue weighted by atomic mass is 10.2. The maximum absolute atomic E-state index is 8.57. The summed E-state index contributed by atoms with van der Waals surface area (Å²) in [4.78, 5) is 4.80. The van der Waals surface area contributed by atoms with Gasteiger partial charge in [-0.2, -0.15) is 5.26 Å². The van der Waals surface area contributed by atoms with Gasteiger partial charge in [0.15, 0.2) is 0 Å². The van der Waals surface area contributed by atoms with Crippen LogP contribution < -0.4 is 4.90 Å². The topological polar surface area (TPSA) is 30.3 Å². The number of anilines is 1. The van der Waals surface area contributed by atoms with Crippen LogP contribution in [0.4, 0.5) is 5.69 Å². The van der Waals surface area contributed by atoms with Crippen molar-refractivity contribution in [2.24, 2.45) is 0 Å². The Morgan fingerprint density at radius 2 is 2.00 bits per heavy atom. The van der Waals surface area contributed by atoms with Crippen molar-refractivity contribution in [3.8, 4) is 6.07 Å². The second-order valence-electron chi connectivity index (χ2n) is 4.58. The Bertz CT molecular complexity index is 400. The average molecular weight is 229 g/mol. The van der Waals surface area contributed by atoms with E-state index in [1.54, 1.807) is 0 Å². The number of hydrogen-bond acceptors (Lipinski definition) is 3. The highest BCUT2D eigenvalue weighted by molar-refractivity contribution is 5.48. The molecule has 90 valence electrons. The maximum Gasteiger partial charge on any atom is 0.0635 e. The lowest BCUT2D eigenvalue weighted by Crippen LogP contribution is -2.46. The lowest BCUT2D eigenvalue weighted by molar-refractivity contribution is 0.263. The van der Waals surface area contributed by atoms with Gasteiger partial charge in [-0.05, 0) is 24.6 Å². The molecule has 3 heteroatoms. The van der Waals surface area contributed by atoms with Crippen molar-refractivity contribution >= 4 is 5.69 Å². The van der Waals surface area contributed by atoms with Gasteiger partial charge in [-0.3, -0.25) is 4.90 Å². The predicted octanol–water partition coefficient (Wildman–Crippen LogP) is 2.03. The molecule has 0 unspecified atom stereocenters. The summed E-state index contributed by atoms with van der Waals surface area (Å²) in [6.07, 6.45) is 0.643. The van der Waals surface area contributed by atoms with E-state index in [0.717, 1.165) is 32.7 Å². The molecule has 0 radical (unpaired) electrons. The summed E-state index contributed by atoms with van der Waals surface area (Å²) in [6.45, 7) is 7.31. The standard InChI is InChI=1S/C14H19N3/c1-13-4-2-5-14(12-13)17-10-8-16(9-11-17)7-3-6-15/h2,4-5,12H,3,7-11H2,1H3. The Labute approximate surface area is 103 Å². The second kappa shape index (κ2) is 5.70. The molecular weight excluding hydrogens is 210 g/mol. The molecule has 2 rings (SSSR count). The minimum Gasteiger partial charge on any atom is -0.369 e. The van der Waals surface area contributed by atoms with Crippen LogP contribution in [-0.2, 0) is 0 Å². The van der Waals surface area contributed by atoms with Crippen LogP contribution >= 0.6 is 0 Å². The zero-order valence-electron chi connectivity index (χ0n) is 10.4. The van der Waals surface area contributed by atoms with Gasteiger partial charge in [0.25, 0.3) is 0 Å². The van der Waals surface area contributed by atoms with Gasteiger partial charge in [-0.15, -0.1) is 0 Å². The minimum absolute atomic E-state index is 0.643. The fraction of sp³-hybridized carbons (Fsp3) is 0.500. The number of aryl methyl sites for hydroxylation is 1. The van der Waals surface area contributed by atoms with E-state index >= 15 is 0 Å². The van der Waals surface area contributed by atoms with Crippen LogP contribution in [0.5, 0.6) is 0 Å². The van der Waals surface area contributed by atoms with E-state index in [0.29, 0.717) is 6.42 Å². The molecule has 1 aromatic rings. The van der Waals surface area contributed by atoms with Crippen LogP contribution in [-0.4, -0.2) is 37.6 Å². The number of rotatable bonds is 3. The largest absolute Gasteiger partial charge is 0.369 e. The van der Waals surface area contributed by atoms with Gasteiger partial charge in [0, 0.05) is 44.8 Å². The number of piperazine rings is 1. The van der Waals surface area contributed by atoms with Gasteiger partial charge in [-0.1, -0.05) is 12.1 Å². The highest BCUT2D eigenvalue weighted by Gasteiger charge is 2.16. The maximum atomic E-state index is 8.57. The summed E-state index contributed by atoms with van der Waals surface area (Å²) in [5.41, 5.74) is 2.64. The molecule has 17 heavy (non-hydrogen) atoms. The normalized spacial score (nSPS) is 16.8. The van der Waals surface area contributed by atoms with Crippen LogP contribution in [0.2, 0.25) is 0 Å². The van der Waals surface area contributed by atoms with Crippen LogP contribution in [0, 0.1) is 18.3 Å². The smallest absolute Gasteiger partial charge is 0.0635 e. The van der Waals surface area contributed by atoms with Crippen molar-refractivity contribution < 1.29 is 0 Å². The van der Waals surface area contributed by atoms with E-state index in [2.05, 4.69) is 47.1 Å². The Morgan fingerprint density at radius 3 is 2.65 bits per heavy atom. The molecule has 0 saturated carbocycles. The Balaban J connectivity index is 1.89. The fourth-order valence-electron chi connectivity index (χ4n) is 2.26. The minimum atomic E-state index is 0.643. The molecule has 1 aromatic carbocycles. The van der Waals surface area contributed by atoms with Crippen molar-refractivity contribution in [2.45, 2.75) is 13.3 Å². The zero-order valence-corrected chi connectivity index (χ0v) is 10.4. The van der Waals surface area contributed by atoms with Crippen LogP contribution in [0.15, 0.2) is 24.3 Å². The van der Waals surface area contributed by atoms with E-state index in [9.17, 15) is 0 Å². The van der Waals surface area contributed by atoms with E-state index in [-0.39, 0.29) is 0 Å². The quantitative estimate of drug-likeness (QED) is 0.794. The van der Waals surface area contributed by atoms with E-state index in [1.807, 2.05) is 0 Å². The molecule has 1 fully saturated rings. The average Bonchev–Trinajstić information content (AvgIpc) is 2.37. The van der Waals surface area contributed by atoms with Gasteiger partial charge in [0.2, 0.25) is 0 Å². The van der Waals surface area contributed by atoms with Crippen molar-refractivity contribution in [2.75, 3.05) is 37.6 Å². The fourth-order valence-corrected chi connectivity index (χ4v) is 2.26. The molecule has 1 aliphatic heterocycles. The summed E-state index contributed by atoms with van der Waals surface area (Å²) < 4.78 is 0. The lowest BCUT2D eigenvalue weighted by Gasteiger charge is -2.35. The Kier molecular flexibility index (Phi) is 4.00. The molecule has 1 aliphatic rings. The molecule has 3 nitrogen and oxygen atoms in total. The van der Waals surface area contributed by atoms with Crippen molar-refractivity contribution in [3.63, 3.8) is 0 Å². The third kappa shape index (κ3) is 3.21. The molecule has 0 aromatic heterocycles. The predicted molar refractivity (Wildman–Crippen MR) is 70.1 cm³/mol. The molecule has 1 saturated heterocycles. The molecule has 0 amide bonds. The summed E-state index contributed by atoms with van der Waals surface area (Å²) >= 11 is 0. The molecule has 0 atom stereocenters. The number of benzene rings is 1. The number of hydrogen-bond donors (Lipinski definition) is 0. The SMILES string of the molecule is Cc1cccc(N2CCN(CCC#N)CC2)c1. The second-order valence-corrected chi connectivity index (χ2v) is 4.58. The first-order chi connectivity index (χ1) is 8.29. The molecular formula is C14H19N3. The van der Waals surface area contributed by atoms with Gasteiger partial charge < -0.3 is 4.90 Å². The molecule has 0 N–H and O–H groups in total. The first-order valence-corrected chi connectivity index (χ1v) is 6.20. The first kappa shape index (κ1) is 11.9. The van der Waals surface area contributed by atoms with Gasteiger partial charge in [0.1, 0.15) is 0 Å². The third-order valence-corrected chi connectivity index (χ3v) is 3.28. The highest BCUT2D eigenvalue weighted by Crippen LogP contribution is 2.17. The molecule has 0 spiro atoms. The molecule has 1 heterocycles. The Morgan fingerprint density at radius 1 is 1.24 bits per heavy atom. The van der Waals surface area contributed by atoms with E-state index in [1.165, 1.54) is 11.3 Å². The van der Waals surface area contributed by atoms with Crippen LogP contribution in [0.1, 0.15) is 12.0 Å². The van der Waals surface area contributed by atoms with Crippen LogP contribution in [0.25, 0.3) is 0 Å². The number of nitrogens with zero attached hydrogens (tertiary/aromatic N) is 3. The summed E-state index contributed by atoms with van der Waals surface area (Å²) in [7, 11) is 0. The van der Waals surface area contributed by atoms with Gasteiger partial charge >= 0.3 is 0 Å². The summed E-state index contributed by atoms with van der Waals surface area (Å²) in [5, 5.41) is 8.57. The molecule has 0 bridgehead atoms. The zero-order chi connectivity index (χ0) is 12.1. The highest BCUT2D eigenvalue weighted by atomic mass is 15.3. The number of nitriles is 1. The molecule has 0 aliphatic carbocycles. The van der Waals surface area contributed by atoms with E-state index < -0.39 is 0 Å². The summed E-state index contributed by atoms with van der Waals surface area (Å²) in [5.74, 6) is 0.